The second-order valence-electron chi connectivity index (χ2n) is 6.26. The van der Waals surface area contributed by atoms with Gasteiger partial charge in [0.25, 0.3) is 15.9 Å². The van der Waals surface area contributed by atoms with Crippen molar-refractivity contribution in [1.29, 1.82) is 0 Å². The first-order valence-electron chi connectivity index (χ1n) is 8.58. The molecule has 0 radical (unpaired) electrons. The maximum absolute atomic E-state index is 12.5. The Morgan fingerprint density at radius 2 is 1.78 bits per heavy atom. The lowest BCUT2D eigenvalue weighted by molar-refractivity contribution is -0.120. The highest BCUT2D eigenvalue weighted by atomic mass is 32.2. The Hall–Kier alpha value is -2.23. The molecule has 9 heteroatoms. The third-order valence-corrected chi connectivity index (χ3v) is 7.83. The Labute approximate surface area is 162 Å². The number of hydrogen-bond acceptors (Lipinski definition) is 5. The fourth-order valence-corrected chi connectivity index (χ4v) is 5.60. The maximum Gasteiger partial charge on any atom is 0.252 e. The van der Waals surface area contributed by atoms with Crippen LogP contribution in [0.3, 0.4) is 0 Å². The van der Waals surface area contributed by atoms with Crippen LogP contribution in [0.1, 0.15) is 23.2 Å². The van der Waals surface area contributed by atoms with Crippen LogP contribution >= 0.6 is 11.3 Å². The van der Waals surface area contributed by atoms with E-state index in [1.54, 1.807) is 48.8 Å². The number of piperidine rings is 1. The molecule has 0 bridgehead atoms. The summed E-state index contributed by atoms with van der Waals surface area (Å²) in [5, 5.41) is 7.12. The van der Waals surface area contributed by atoms with E-state index in [-0.39, 0.29) is 17.7 Å². The molecule has 1 aromatic heterocycles. The van der Waals surface area contributed by atoms with Gasteiger partial charge in [-0.2, -0.15) is 4.31 Å². The Bertz CT molecular complexity index is 901. The first-order chi connectivity index (χ1) is 12.9. The van der Waals surface area contributed by atoms with Crippen LogP contribution in [0.5, 0.6) is 0 Å². The molecular formula is C18H21N3O4S2. The van der Waals surface area contributed by atoms with E-state index in [1.165, 1.54) is 15.6 Å². The Morgan fingerprint density at radius 3 is 2.33 bits per heavy atom. The van der Waals surface area contributed by atoms with Crippen LogP contribution < -0.4 is 10.6 Å². The van der Waals surface area contributed by atoms with Crippen molar-refractivity contribution in [2.75, 3.05) is 25.5 Å². The standard InChI is InChI=1S/C18H21N3O4S2/c1-19-17(22)13-4-6-15(7-5-13)20-18(23)14-8-10-21(11-9-14)27(24,25)16-3-2-12-26-16/h2-7,12,14H,8-11H2,1H3,(H,19,22)(H,20,23). The first kappa shape index (κ1) is 19.5. The Balaban J connectivity index is 1.56. The average molecular weight is 408 g/mol. The summed E-state index contributed by atoms with van der Waals surface area (Å²) >= 11 is 1.20. The lowest BCUT2D eigenvalue weighted by Crippen LogP contribution is -2.41. The smallest absolute Gasteiger partial charge is 0.252 e. The minimum absolute atomic E-state index is 0.129. The normalized spacial score (nSPS) is 16.0. The van der Waals surface area contributed by atoms with Crippen molar-refractivity contribution in [3.05, 3.63) is 47.3 Å². The van der Waals surface area contributed by atoms with Crippen molar-refractivity contribution < 1.29 is 18.0 Å². The molecular weight excluding hydrogens is 386 g/mol. The highest BCUT2D eigenvalue weighted by Gasteiger charge is 2.32. The summed E-state index contributed by atoms with van der Waals surface area (Å²) in [6.45, 7) is 0.655. The molecule has 0 spiro atoms. The highest BCUT2D eigenvalue weighted by molar-refractivity contribution is 7.91. The molecule has 1 aliphatic heterocycles. The molecule has 0 aliphatic carbocycles. The number of thiophene rings is 1. The lowest BCUT2D eigenvalue weighted by atomic mass is 9.97. The topological polar surface area (TPSA) is 95.6 Å². The van der Waals surface area contributed by atoms with Gasteiger partial charge in [0.1, 0.15) is 4.21 Å². The zero-order valence-corrected chi connectivity index (χ0v) is 16.5. The third-order valence-electron chi connectivity index (χ3n) is 4.56. The number of sulfonamides is 1. The number of anilines is 1. The SMILES string of the molecule is CNC(=O)c1ccc(NC(=O)C2CCN(S(=O)(=O)c3cccs3)CC2)cc1. The quantitative estimate of drug-likeness (QED) is 0.794. The van der Waals surface area contributed by atoms with Crippen LogP contribution in [0.15, 0.2) is 46.0 Å². The number of hydrogen-bond donors (Lipinski definition) is 2. The number of carbonyl (C=O) groups is 2. The second kappa shape index (κ2) is 8.20. The molecule has 1 fully saturated rings. The van der Waals surface area contributed by atoms with Crippen LogP contribution in [0.25, 0.3) is 0 Å². The fraction of sp³-hybridized carbons (Fsp3) is 0.333. The molecule has 2 N–H and O–H groups in total. The van der Waals surface area contributed by atoms with E-state index in [1.807, 2.05) is 0 Å². The summed E-state index contributed by atoms with van der Waals surface area (Å²) in [7, 11) is -1.90. The van der Waals surface area contributed by atoms with E-state index in [0.717, 1.165) is 0 Å². The molecule has 0 atom stereocenters. The minimum Gasteiger partial charge on any atom is -0.355 e. The van der Waals surface area contributed by atoms with Gasteiger partial charge < -0.3 is 10.6 Å². The summed E-state index contributed by atoms with van der Waals surface area (Å²) in [4.78, 5) is 24.0. The van der Waals surface area contributed by atoms with E-state index < -0.39 is 10.0 Å². The molecule has 1 aliphatic rings. The number of nitrogens with zero attached hydrogens (tertiary/aromatic N) is 1. The third kappa shape index (κ3) is 4.37. The van der Waals surface area contributed by atoms with E-state index >= 15 is 0 Å². The minimum atomic E-state index is -3.46. The van der Waals surface area contributed by atoms with Crippen molar-refractivity contribution >= 4 is 38.9 Å². The van der Waals surface area contributed by atoms with Gasteiger partial charge in [-0.25, -0.2) is 8.42 Å². The van der Waals surface area contributed by atoms with Crippen molar-refractivity contribution in [2.45, 2.75) is 17.1 Å². The first-order valence-corrected chi connectivity index (χ1v) is 10.9. The Kier molecular flexibility index (Phi) is 5.93. The number of nitrogens with one attached hydrogen (secondary N) is 2. The van der Waals surface area contributed by atoms with Crippen LogP contribution in [-0.4, -0.2) is 44.7 Å². The van der Waals surface area contributed by atoms with Gasteiger partial charge in [0.2, 0.25) is 5.91 Å². The van der Waals surface area contributed by atoms with Crippen molar-refractivity contribution in [2.24, 2.45) is 5.92 Å². The predicted octanol–water partition coefficient (Wildman–Crippen LogP) is 2.15. The zero-order valence-electron chi connectivity index (χ0n) is 14.8. The predicted molar refractivity (Wildman–Crippen MR) is 104 cm³/mol. The molecule has 144 valence electrons. The molecule has 7 nitrogen and oxygen atoms in total. The van der Waals surface area contributed by atoms with Gasteiger partial charge in [-0.3, -0.25) is 9.59 Å². The average Bonchev–Trinajstić information content (AvgIpc) is 3.24. The van der Waals surface area contributed by atoms with Gasteiger partial charge >= 0.3 is 0 Å². The summed E-state index contributed by atoms with van der Waals surface area (Å²) < 4.78 is 26.8. The molecule has 0 saturated carbocycles. The largest absolute Gasteiger partial charge is 0.355 e. The summed E-state index contributed by atoms with van der Waals surface area (Å²) in [5.74, 6) is -0.554. The van der Waals surface area contributed by atoms with Crippen molar-refractivity contribution in [1.82, 2.24) is 9.62 Å². The molecule has 0 unspecified atom stereocenters. The van der Waals surface area contributed by atoms with E-state index in [4.69, 9.17) is 0 Å². The molecule has 27 heavy (non-hydrogen) atoms. The zero-order chi connectivity index (χ0) is 19.4. The van der Waals surface area contributed by atoms with Crippen molar-refractivity contribution in [3.8, 4) is 0 Å². The van der Waals surface area contributed by atoms with E-state index in [2.05, 4.69) is 10.6 Å². The summed E-state index contributed by atoms with van der Waals surface area (Å²) in [5.41, 5.74) is 1.13. The number of benzene rings is 1. The van der Waals surface area contributed by atoms with Gasteiger partial charge in [-0.1, -0.05) is 6.07 Å². The summed E-state index contributed by atoms with van der Waals surface area (Å²) in [6.07, 6.45) is 0.958. The molecule has 2 heterocycles. The molecule has 2 amide bonds. The van der Waals surface area contributed by atoms with E-state index in [0.29, 0.717) is 41.4 Å². The van der Waals surface area contributed by atoms with Crippen LogP contribution in [-0.2, 0) is 14.8 Å². The van der Waals surface area contributed by atoms with Gasteiger partial charge in [-0.15, -0.1) is 11.3 Å². The number of carbonyl (C=O) groups excluding carboxylic acids is 2. The Morgan fingerprint density at radius 1 is 1.11 bits per heavy atom. The number of amides is 2. The van der Waals surface area contributed by atoms with Crippen LogP contribution in [0.4, 0.5) is 5.69 Å². The fourth-order valence-electron chi connectivity index (χ4n) is 2.99. The van der Waals surface area contributed by atoms with Gasteiger partial charge in [0, 0.05) is 37.3 Å². The molecule has 3 rings (SSSR count). The molecule has 1 saturated heterocycles. The molecule has 1 aromatic carbocycles. The molecule has 2 aromatic rings. The number of rotatable bonds is 5. The summed E-state index contributed by atoms with van der Waals surface area (Å²) in [6, 6.07) is 9.96. The van der Waals surface area contributed by atoms with Crippen molar-refractivity contribution in [3.63, 3.8) is 0 Å². The second-order valence-corrected chi connectivity index (χ2v) is 9.37. The van der Waals surface area contributed by atoms with Gasteiger partial charge in [0.05, 0.1) is 0 Å². The highest BCUT2D eigenvalue weighted by Crippen LogP contribution is 2.27. The van der Waals surface area contributed by atoms with Crippen LogP contribution in [0.2, 0.25) is 0 Å². The van der Waals surface area contributed by atoms with Crippen LogP contribution in [0, 0.1) is 5.92 Å². The lowest BCUT2D eigenvalue weighted by Gasteiger charge is -2.30. The maximum atomic E-state index is 12.5. The monoisotopic (exact) mass is 407 g/mol. The van der Waals surface area contributed by atoms with E-state index in [9.17, 15) is 18.0 Å². The van der Waals surface area contributed by atoms with Gasteiger partial charge in [-0.05, 0) is 48.6 Å². The van der Waals surface area contributed by atoms with Gasteiger partial charge in [0.15, 0.2) is 0 Å².